The Morgan fingerprint density at radius 3 is 1.82 bits per heavy atom. The van der Waals surface area contributed by atoms with E-state index in [4.69, 9.17) is 0 Å². The van der Waals surface area contributed by atoms with E-state index < -0.39 is 10.0 Å². The summed E-state index contributed by atoms with van der Waals surface area (Å²) in [5.74, 6) is 0.219. The molecule has 0 radical (unpaired) electrons. The summed E-state index contributed by atoms with van der Waals surface area (Å²) in [4.78, 5) is 4.92. The van der Waals surface area contributed by atoms with Gasteiger partial charge in [0.05, 0.1) is 11.8 Å². The Morgan fingerprint density at radius 1 is 0.857 bits per heavy atom. The lowest BCUT2D eigenvalue weighted by atomic mass is 9.96. The number of hydrogen-bond donors (Lipinski definition) is 0. The molecule has 152 valence electrons. The average Bonchev–Trinajstić information content (AvgIpc) is 2.71. The van der Waals surface area contributed by atoms with Crippen molar-refractivity contribution >= 4 is 10.0 Å². The van der Waals surface area contributed by atoms with Crippen LogP contribution in [0.25, 0.3) is 0 Å². The summed E-state index contributed by atoms with van der Waals surface area (Å²) >= 11 is 0. The highest BCUT2D eigenvalue weighted by molar-refractivity contribution is 7.89. The second-order valence-corrected chi connectivity index (χ2v) is 9.86. The number of nitrogens with zero attached hydrogens (tertiary/aromatic N) is 3. The molecular formula is C22H31N3O2S. The first kappa shape index (κ1) is 21.0. The van der Waals surface area contributed by atoms with Crippen LogP contribution in [-0.4, -0.2) is 75.1 Å². The monoisotopic (exact) mass is 401 g/mol. The van der Waals surface area contributed by atoms with E-state index in [9.17, 15) is 8.42 Å². The van der Waals surface area contributed by atoms with Gasteiger partial charge in [-0.05, 0) is 24.1 Å². The Hall–Kier alpha value is -1.73. The molecule has 0 N–H and O–H groups in total. The minimum atomic E-state index is -3.10. The van der Waals surface area contributed by atoms with E-state index in [1.54, 1.807) is 14.1 Å². The summed E-state index contributed by atoms with van der Waals surface area (Å²) in [5, 5.41) is 0. The van der Waals surface area contributed by atoms with Gasteiger partial charge in [-0.25, -0.2) is 12.7 Å². The van der Waals surface area contributed by atoms with Gasteiger partial charge in [0, 0.05) is 40.3 Å². The van der Waals surface area contributed by atoms with E-state index in [2.05, 4.69) is 70.5 Å². The van der Waals surface area contributed by atoms with Crippen LogP contribution in [0.3, 0.4) is 0 Å². The molecule has 0 aliphatic carbocycles. The third-order valence-corrected chi connectivity index (χ3v) is 7.35. The summed E-state index contributed by atoms with van der Waals surface area (Å²) < 4.78 is 25.2. The Labute approximate surface area is 169 Å². The first-order chi connectivity index (χ1) is 13.5. The molecule has 0 bridgehead atoms. The van der Waals surface area contributed by atoms with Crippen molar-refractivity contribution in [3.05, 3.63) is 71.8 Å². The van der Waals surface area contributed by atoms with Crippen LogP contribution in [0.4, 0.5) is 0 Å². The van der Waals surface area contributed by atoms with Gasteiger partial charge in [0.25, 0.3) is 0 Å². The molecule has 0 saturated carbocycles. The summed E-state index contributed by atoms with van der Waals surface area (Å²) in [7, 11) is 0.0982. The van der Waals surface area contributed by atoms with Crippen molar-refractivity contribution < 1.29 is 8.42 Å². The van der Waals surface area contributed by atoms with E-state index in [1.807, 2.05) is 0 Å². The fourth-order valence-electron chi connectivity index (χ4n) is 3.78. The van der Waals surface area contributed by atoms with Crippen molar-refractivity contribution in [1.29, 1.82) is 0 Å². The van der Waals surface area contributed by atoms with Gasteiger partial charge in [-0.1, -0.05) is 60.7 Å². The van der Waals surface area contributed by atoms with Crippen molar-refractivity contribution in [1.82, 2.24) is 14.1 Å². The van der Waals surface area contributed by atoms with Crippen molar-refractivity contribution in [2.75, 3.05) is 52.6 Å². The van der Waals surface area contributed by atoms with Crippen LogP contribution >= 0.6 is 0 Å². The van der Waals surface area contributed by atoms with Gasteiger partial charge < -0.3 is 4.90 Å². The summed E-state index contributed by atoms with van der Waals surface area (Å²) in [6.45, 7) is 4.74. The molecule has 2 aromatic carbocycles. The smallest absolute Gasteiger partial charge is 0.213 e. The standard InChI is InChI=1S/C22H31N3O2S/c1-23(2)28(26,27)19-9-14-24-15-17-25(18-16-24)22(20-10-5-3-6-11-20)21-12-7-4-8-13-21/h3-8,10-13,22H,9,14-19H2,1-2H3. The third kappa shape index (κ3) is 5.41. The van der Waals surface area contributed by atoms with Gasteiger partial charge in [-0.2, -0.15) is 0 Å². The van der Waals surface area contributed by atoms with Gasteiger partial charge in [-0.3, -0.25) is 4.90 Å². The molecule has 1 heterocycles. The third-order valence-electron chi connectivity index (χ3n) is 5.44. The molecule has 1 aliphatic heterocycles. The summed E-state index contributed by atoms with van der Waals surface area (Å²) in [6, 6.07) is 21.6. The van der Waals surface area contributed by atoms with Crippen molar-refractivity contribution in [2.24, 2.45) is 0 Å². The Morgan fingerprint density at radius 2 is 1.36 bits per heavy atom. The summed E-state index contributed by atoms with van der Waals surface area (Å²) in [5.41, 5.74) is 2.64. The molecular weight excluding hydrogens is 370 g/mol. The van der Waals surface area contributed by atoms with E-state index in [1.165, 1.54) is 15.4 Å². The molecule has 3 rings (SSSR count). The van der Waals surface area contributed by atoms with Gasteiger partial charge in [0.1, 0.15) is 0 Å². The largest absolute Gasteiger partial charge is 0.301 e. The molecule has 0 unspecified atom stereocenters. The highest BCUT2D eigenvalue weighted by Crippen LogP contribution is 2.29. The fourth-order valence-corrected chi connectivity index (χ4v) is 4.64. The van der Waals surface area contributed by atoms with E-state index in [0.29, 0.717) is 6.42 Å². The minimum Gasteiger partial charge on any atom is -0.301 e. The zero-order chi connectivity index (χ0) is 20.0. The molecule has 2 aromatic rings. The van der Waals surface area contributed by atoms with Crippen LogP contribution < -0.4 is 0 Å². The molecule has 0 spiro atoms. The van der Waals surface area contributed by atoms with Crippen molar-refractivity contribution in [3.63, 3.8) is 0 Å². The van der Waals surface area contributed by atoms with Crippen molar-refractivity contribution in [3.8, 4) is 0 Å². The molecule has 5 nitrogen and oxygen atoms in total. The number of benzene rings is 2. The number of sulfonamides is 1. The Bertz CT molecular complexity index is 778. The number of rotatable bonds is 8. The lowest BCUT2D eigenvalue weighted by Gasteiger charge is -2.39. The molecule has 28 heavy (non-hydrogen) atoms. The molecule has 6 heteroatoms. The van der Waals surface area contributed by atoms with Gasteiger partial charge in [0.2, 0.25) is 10.0 Å². The van der Waals surface area contributed by atoms with Crippen LogP contribution in [0, 0.1) is 0 Å². The second-order valence-electron chi connectivity index (χ2n) is 7.55. The fraction of sp³-hybridized carbons (Fsp3) is 0.455. The predicted molar refractivity (Wildman–Crippen MR) is 115 cm³/mol. The first-order valence-corrected chi connectivity index (χ1v) is 11.5. The normalized spacial score (nSPS) is 16.7. The maximum Gasteiger partial charge on any atom is 0.213 e. The zero-order valence-corrected chi connectivity index (χ0v) is 17.7. The lowest BCUT2D eigenvalue weighted by molar-refractivity contribution is 0.109. The molecule has 1 saturated heterocycles. The molecule has 1 aliphatic rings. The molecule has 0 aromatic heterocycles. The predicted octanol–water partition coefficient (Wildman–Crippen LogP) is 2.68. The first-order valence-electron chi connectivity index (χ1n) is 9.94. The maximum absolute atomic E-state index is 11.9. The molecule has 0 amide bonds. The lowest BCUT2D eigenvalue weighted by Crippen LogP contribution is -2.48. The minimum absolute atomic E-state index is 0.219. The van der Waals surface area contributed by atoms with Crippen LogP contribution in [0.2, 0.25) is 0 Å². The van der Waals surface area contributed by atoms with Crippen molar-refractivity contribution in [2.45, 2.75) is 12.5 Å². The summed E-state index contributed by atoms with van der Waals surface area (Å²) in [6.07, 6.45) is 0.682. The Kier molecular flexibility index (Phi) is 7.24. The topological polar surface area (TPSA) is 43.9 Å². The highest BCUT2D eigenvalue weighted by Gasteiger charge is 2.26. The maximum atomic E-state index is 11.9. The molecule has 1 fully saturated rings. The second kappa shape index (κ2) is 9.65. The van der Waals surface area contributed by atoms with E-state index in [0.717, 1.165) is 32.7 Å². The zero-order valence-electron chi connectivity index (χ0n) is 16.9. The van der Waals surface area contributed by atoms with Crippen LogP contribution in [0.15, 0.2) is 60.7 Å². The SMILES string of the molecule is CN(C)S(=O)(=O)CCCN1CCN(C(c2ccccc2)c2ccccc2)CC1. The highest BCUT2D eigenvalue weighted by atomic mass is 32.2. The van der Waals surface area contributed by atoms with Gasteiger partial charge >= 0.3 is 0 Å². The van der Waals surface area contributed by atoms with Gasteiger partial charge in [-0.15, -0.1) is 0 Å². The molecule has 0 atom stereocenters. The quantitative estimate of drug-likeness (QED) is 0.682. The average molecular weight is 402 g/mol. The van der Waals surface area contributed by atoms with Crippen LogP contribution in [-0.2, 0) is 10.0 Å². The van der Waals surface area contributed by atoms with E-state index >= 15 is 0 Å². The number of hydrogen-bond acceptors (Lipinski definition) is 4. The van der Waals surface area contributed by atoms with Crippen LogP contribution in [0.5, 0.6) is 0 Å². The van der Waals surface area contributed by atoms with Gasteiger partial charge in [0.15, 0.2) is 0 Å². The van der Waals surface area contributed by atoms with E-state index in [-0.39, 0.29) is 11.8 Å². The Balaban J connectivity index is 1.60. The van der Waals surface area contributed by atoms with Crippen LogP contribution in [0.1, 0.15) is 23.6 Å². The number of piperazine rings is 1.